The Labute approximate surface area is 267 Å². The molecule has 0 bridgehead atoms. The first-order valence-electron chi connectivity index (χ1n) is 15.2. The van der Waals surface area contributed by atoms with E-state index in [1.165, 1.54) is 4.90 Å². The molecular formula is C33H39ClN4O7. The summed E-state index contributed by atoms with van der Waals surface area (Å²) in [6, 6.07) is 8.27. The van der Waals surface area contributed by atoms with E-state index in [0.29, 0.717) is 61.1 Å². The number of hydrogen-bond donors (Lipinski definition) is 2. The van der Waals surface area contributed by atoms with Gasteiger partial charge in [0, 0.05) is 66.3 Å². The minimum absolute atomic E-state index is 0.143. The van der Waals surface area contributed by atoms with Crippen LogP contribution in [-0.4, -0.2) is 70.9 Å². The number of piperidine rings is 1. The maximum Gasteiger partial charge on any atom is 0.410 e. The number of benzene rings is 2. The van der Waals surface area contributed by atoms with Crippen molar-refractivity contribution in [3.8, 4) is 5.75 Å². The van der Waals surface area contributed by atoms with E-state index in [2.05, 4.69) is 10.6 Å². The van der Waals surface area contributed by atoms with Crippen molar-refractivity contribution in [2.75, 3.05) is 25.0 Å². The summed E-state index contributed by atoms with van der Waals surface area (Å²) in [5.41, 5.74) is 2.87. The number of aryl methyl sites for hydroxylation is 1. The second-order valence-corrected chi connectivity index (χ2v) is 13.3. The predicted molar refractivity (Wildman–Crippen MR) is 167 cm³/mol. The van der Waals surface area contributed by atoms with Crippen LogP contribution in [0.15, 0.2) is 30.3 Å². The van der Waals surface area contributed by atoms with Gasteiger partial charge in [-0.05, 0) is 70.2 Å². The van der Waals surface area contributed by atoms with E-state index >= 15 is 0 Å². The fourth-order valence-corrected chi connectivity index (χ4v) is 5.99. The molecule has 2 aromatic carbocycles. The first kappa shape index (κ1) is 32.3. The fraction of sp³-hybridized carbons (Fsp3) is 0.485. The highest BCUT2D eigenvalue weighted by Gasteiger charge is 2.39. The van der Waals surface area contributed by atoms with Crippen molar-refractivity contribution in [2.24, 2.45) is 5.92 Å². The zero-order chi connectivity index (χ0) is 32.5. The first-order chi connectivity index (χ1) is 21.3. The molecule has 2 atom stereocenters. The summed E-state index contributed by atoms with van der Waals surface area (Å²) in [4.78, 5) is 65.4. The van der Waals surface area contributed by atoms with Crippen molar-refractivity contribution in [1.82, 2.24) is 15.1 Å². The average Bonchev–Trinajstić information content (AvgIpc) is 3.57. The van der Waals surface area contributed by atoms with Crippen LogP contribution >= 0.6 is 11.6 Å². The molecule has 45 heavy (non-hydrogen) atoms. The fourth-order valence-electron chi connectivity index (χ4n) is 5.78. The molecule has 3 heterocycles. The smallest absolute Gasteiger partial charge is 0.410 e. The van der Waals surface area contributed by atoms with Gasteiger partial charge in [0.25, 0.3) is 5.91 Å². The number of nitrogens with one attached hydrogen (secondary N) is 2. The molecule has 5 rings (SSSR count). The number of imide groups is 1. The summed E-state index contributed by atoms with van der Waals surface area (Å²) in [5, 5.41) is 5.66. The van der Waals surface area contributed by atoms with Crippen LogP contribution in [0.1, 0.15) is 73.5 Å². The molecule has 3 aliphatic heterocycles. The van der Waals surface area contributed by atoms with E-state index in [9.17, 15) is 24.0 Å². The molecule has 12 heteroatoms. The molecule has 2 fully saturated rings. The third kappa shape index (κ3) is 7.76. The second-order valence-electron chi connectivity index (χ2n) is 12.9. The number of amides is 5. The van der Waals surface area contributed by atoms with Gasteiger partial charge >= 0.3 is 6.09 Å². The molecule has 0 spiro atoms. The van der Waals surface area contributed by atoms with Gasteiger partial charge < -0.3 is 24.6 Å². The number of halogens is 1. The van der Waals surface area contributed by atoms with E-state index in [1.54, 1.807) is 23.1 Å². The van der Waals surface area contributed by atoms with Crippen LogP contribution in [-0.2, 0) is 32.1 Å². The Morgan fingerprint density at radius 2 is 1.89 bits per heavy atom. The Balaban J connectivity index is 1.13. The molecule has 2 N–H and O–H groups in total. The average molecular weight is 639 g/mol. The normalized spacial score (nSPS) is 19.8. The van der Waals surface area contributed by atoms with Crippen molar-refractivity contribution >= 4 is 47.0 Å². The molecule has 0 aromatic heterocycles. The number of nitrogens with zero attached hydrogens (tertiary/aromatic N) is 2. The van der Waals surface area contributed by atoms with Crippen LogP contribution in [0.2, 0.25) is 5.02 Å². The van der Waals surface area contributed by atoms with Gasteiger partial charge in [-0.1, -0.05) is 23.7 Å². The lowest BCUT2D eigenvalue weighted by Gasteiger charge is -2.29. The predicted octanol–water partition coefficient (Wildman–Crippen LogP) is 4.62. The van der Waals surface area contributed by atoms with E-state index in [0.717, 1.165) is 23.1 Å². The zero-order valence-corrected chi connectivity index (χ0v) is 26.8. The van der Waals surface area contributed by atoms with Crippen LogP contribution in [0.5, 0.6) is 5.75 Å². The first-order valence-corrected chi connectivity index (χ1v) is 15.6. The quantitative estimate of drug-likeness (QED) is 0.403. The highest BCUT2D eigenvalue weighted by molar-refractivity contribution is 6.32. The molecule has 0 aliphatic carbocycles. The number of hydrogen-bond acceptors (Lipinski definition) is 7. The minimum atomic E-state index is -0.669. The highest BCUT2D eigenvalue weighted by atomic mass is 35.5. The summed E-state index contributed by atoms with van der Waals surface area (Å²) < 4.78 is 11.6. The van der Waals surface area contributed by atoms with Crippen LogP contribution in [0.3, 0.4) is 0 Å². The summed E-state index contributed by atoms with van der Waals surface area (Å²) in [7, 11) is 0. The van der Waals surface area contributed by atoms with Gasteiger partial charge in [-0.2, -0.15) is 0 Å². The van der Waals surface area contributed by atoms with Gasteiger partial charge in [0.2, 0.25) is 17.7 Å². The third-order valence-electron chi connectivity index (χ3n) is 8.23. The van der Waals surface area contributed by atoms with E-state index in [4.69, 9.17) is 21.1 Å². The summed E-state index contributed by atoms with van der Waals surface area (Å²) in [6.07, 6.45) is 1.56. The third-order valence-corrected chi connectivity index (χ3v) is 8.62. The Morgan fingerprint density at radius 1 is 1.11 bits per heavy atom. The Bertz CT molecular complexity index is 1540. The van der Waals surface area contributed by atoms with Gasteiger partial charge in [-0.25, -0.2) is 4.79 Å². The maximum atomic E-state index is 13.1. The van der Waals surface area contributed by atoms with Gasteiger partial charge in [0.1, 0.15) is 17.4 Å². The maximum absolute atomic E-state index is 13.1. The molecule has 0 saturated carbocycles. The molecule has 0 radical (unpaired) electrons. The number of fused-ring (bicyclic) bond motifs is 1. The Kier molecular flexibility index (Phi) is 9.38. The van der Waals surface area contributed by atoms with Crippen LogP contribution in [0.4, 0.5) is 10.5 Å². The number of rotatable bonds is 8. The number of carbonyl (C=O) groups excluding carboxylic acids is 5. The summed E-state index contributed by atoms with van der Waals surface area (Å²) >= 11 is 6.47. The molecule has 3 aliphatic rings. The van der Waals surface area contributed by atoms with Crippen molar-refractivity contribution in [3.05, 3.63) is 57.6 Å². The Morgan fingerprint density at radius 3 is 2.62 bits per heavy atom. The molecule has 2 unspecified atom stereocenters. The number of likely N-dealkylation sites (tertiary alicyclic amines) is 1. The van der Waals surface area contributed by atoms with Crippen molar-refractivity contribution in [1.29, 1.82) is 0 Å². The molecule has 5 amide bonds. The van der Waals surface area contributed by atoms with Gasteiger partial charge in [-0.15, -0.1) is 0 Å². The SMILES string of the molecule is Cc1c(Cl)cc(NC(=O)CCc2ccc3c(c2)C(=O)N(C2CCC(=O)NC2=O)C3)cc1OCC1CCN(C(=O)OC(C)(C)C)C1. The minimum Gasteiger partial charge on any atom is -0.493 e. The number of carbonyl (C=O) groups is 5. The van der Waals surface area contributed by atoms with E-state index < -0.39 is 17.6 Å². The molecule has 11 nitrogen and oxygen atoms in total. The van der Waals surface area contributed by atoms with Crippen LogP contribution in [0.25, 0.3) is 0 Å². The van der Waals surface area contributed by atoms with Crippen molar-refractivity contribution < 1.29 is 33.4 Å². The zero-order valence-electron chi connectivity index (χ0n) is 26.0. The van der Waals surface area contributed by atoms with E-state index in [1.807, 2.05) is 39.8 Å². The molecular weight excluding hydrogens is 600 g/mol. The molecule has 2 aromatic rings. The lowest BCUT2D eigenvalue weighted by Crippen LogP contribution is -2.52. The largest absolute Gasteiger partial charge is 0.493 e. The summed E-state index contributed by atoms with van der Waals surface area (Å²) in [5.74, 6) is -0.535. The lowest BCUT2D eigenvalue weighted by atomic mass is 10.0. The van der Waals surface area contributed by atoms with Gasteiger partial charge in [-0.3, -0.25) is 24.5 Å². The standard InChI is InChI=1S/C33H39ClN4O7/c1-19-25(34)14-23(15-27(19)44-18-21-11-12-37(16-21)32(43)45-33(2,3)4)35-28(39)9-6-20-5-7-22-17-38(31(42)24(22)13-20)26-8-10-29(40)36-30(26)41/h5,7,13-15,21,26H,6,8-12,16-18H2,1-4H3,(H,35,39)(H,36,40,41). The molecule has 2 saturated heterocycles. The monoisotopic (exact) mass is 638 g/mol. The van der Waals surface area contributed by atoms with Gasteiger partial charge in [0.05, 0.1) is 6.61 Å². The van der Waals surface area contributed by atoms with E-state index in [-0.39, 0.29) is 42.6 Å². The lowest BCUT2D eigenvalue weighted by molar-refractivity contribution is -0.137. The van der Waals surface area contributed by atoms with Crippen molar-refractivity contribution in [2.45, 2.75) is 78.0 Å². The van der Waals surface area contributed by atoms with Gasteiger partial charge in [0.15, 0.2) is 0 Å². The number of anilines is 1. The Hall–Kier alpha value is -4.12. The van der Waals surface area contributed by atoms with Crippen LogP contribution < -0.4 is 15.4 Å². The van der Waals surface area contributed by atoms with Crippen LogP contribution in [0, 0.1) is 12.8 Å². The number of ether oxygens (including phenoxy) is 2. The molecule has 240 valence electrons. The van der Waals surface area contributed by atoms with Crippen molar-refractivity contribution in [3.63, 3.8) is 0 Å². The second kappa shape index (κ2) is 13.1. The summed E-state index contributed by atoms with van der Waals surface area (Å²) in [6.45, 7) is 9.23. The topological polar surface area (TPSA) is 134 Å². The highest BCUT2D eigenvalue weighted by Crippen LogP contribution is 2.32.